The van der Waals surface area contributed by atoms with Crippen LogP contribution in [0.25, 0.3) is 0 Å². The van der Waals surface area contributed by atoms with Gasteiger partial charge in [-0.05, 0) is 85.8 Å². The third-order valence-corrected chi connectivity index (χ3v) is 10.5. The first-order chi connectivity index (χ1) is 23.2. The molecule has 0 radical (unpaired) electrons. The summed E-state index contributed by atoms with van der Waals surface area (Å²) in [6, 6.07) is 13.5. The molecule has 2 aromatic rings. The van der Waals surface area contributed by atoms with Crippen LogP contribution in [-0.4, -0.2) is 0 Å². The van der Waals surface area contributed by atoms with Crippen molar-refractivity contribution in [2.75, 3.05) is 0 Å². The van der Waals surface area contributed by atoms with E-state index in [0.717, 1.165) is 24.3 Å². The monoisotopic (exact) mass is 667 g/mol. The minimum atomic E-state index is -0.0127. The Kier molecular flexibility index (Phi) is 26.0. The Bertz CT molecular complexity index is 923. The van der Waals surface area contributed by atoms with Gasteiger partial charge >= 0.3 is 0 Å². The predicted molar refractivity (Wildman–Crippen MR) is 211 cm³/mol. The largest absolute Gasteiger partial charge is 0.440 e. The third kappa shape index (κ3) is 19.3. The van der Waals surface area contributed by atoms with Crippen molar-refractivity contribution in [3.63, 3.8) is 0 Å². The predicted octanol–water partition coefficient (Wildman–Crippen LogP) is 15.3. The molecule has 0 aliphatic heterocycles. The Morgan fingerprint density at radius 2 is 0.660 bits per heavy atom. The van der Waals surface area contributed by atoms with Crippen molar-refractivity contribution in [2.45, 2.75) is 207 Å². The van der Waals surface area contributed by atoms with Crippen molar-refractivity contribution in [1.29, 1.82) is 0 Å². The van der Waals surface area contributed by atoms with E-state index in [0.29, 0.717) is 0 Å². The van der Waals surface area contributed by atoms with Gasteiger partial charge in [0, 0.05) is 0 Å². The lowest BCUT2D eigenvalue weighted by Gasteiger charge is -2.18. The topological polar surface area (TPSA) is 18.5 Å². The molecule has 0 saturated carbocycles. The van der Waals surface area contributed by atoms with Crippen molar-refractivity contribution in [1.82, 2.24) is 0 Å². The van der Waals surface area contributed by atoms with Gasteiger partial charge in [-0.1, -0.05) is 180 Å². The van der Waals surface area contributed by atoms with Gasteiger partial charge in [-0.2, -0.15) is 0 Å². The second kappa shape index (κ2) is 29.4. The fourth-order valence-electron chi connectivity index (χ4n) is 6.92. The summed E-state index contributed by atoms with van der Waals surface area (Å²) in [4.78, 5) is 0. The normalized spacial score (nSPS) is 11.3. The van der Waals surface area contributed by atoms with Crippen LogP contribution >= 0.6 is 9.03 Å². The smallest absolute Gasteiger partial charge is 0.275 e. The first-order valence-corrected chi connectivity index (χ1v) is 21.4. The molecule has 2 aromatic carbocycles. The molecule has 0 fully saturated rings. The van der Waals surface area contributed by atoms with E-state index in [9.17, 15) is 0 Å². The highest BCUT2D eigenvalue weighted by molar-refractivity contribution is 7.27. The van der Waals surface area contributed by atoms with Crippen LogP contribution < -0.4 is 9.05 Å². The van der Waals surface area contributed by atoms with E-state index in [1.54, 1.807) is 0 Å². The highest BCUT2D eigenvalue weighted by Crippen LogP contribution is 2.35. The van der Waals surface area contributed by atoms with E-state index in [-0.39, 0.29) is 9.03 Å². The van der Waals surface area contributed by atoms with Gasteiger partial charge in [0.1, 0.15) is 11.5 Å². The Balaban J connectivity index is 2.08. The van der Waals surface area contributed by atoms with Gasteiger partial charge in [0.15, 0.2) is 0 Å². The lowest BCUT2D eigenvalue weighted by atomic mass is 9.95. The van der Waals surface area contributed by atoms with Crippen molar-refractivity contribution in [3.8, 4) is 11.5 Å². The average Bonchev–Trinajstić information content (AvgIpc) is 3.08. The summed E-state index contributed by atoms with van der Waals surface area (Å²) in [5.41, 5.74) is 5.88. The van der Waals surface area contributed by atoms with Crippen LogP contribution in [0.15, 0.2) is 36.4 Å². The van der Waals surface area contributed by atoms with Gasteiger partial charge < -0.3 is 9.05 Å². The molecule has 268 valence electrons. The maximum Gasteiger partial charge on any atom is 0.275 e. The van der Waals surface area contributed by atoms with Crippen LogP contribution in [0, 0.1) is 0 Å². The highest BCUT2D eigenvalue weighted by atomic mass is 31.1. The van der Waals surface area contributed by atoms with Gasteiger partial charge in [0.2, 0.25) is 0 Å². The standard InChI is InChI=1S/C44H75O2P/c1-5-9-13-17-21-25-31-39-33-29-37-43(41(39)35-27-23-19-15-11-7-3)45-47-46-44-38-30-34-40(32-26-22-18-14-10-6-2)42(44)36-28-24-20-16-12-8-4/h29-30,33-34,37-38,47H,5-28,31-32,35-36H2,1-4H3. The van der Waals surface area contributed by atoms with Gasteiger partial charge in [-0.15, -0.1) is 0 Å². The molecule has 0 aromatic heterocycles. The molecule has 0 atom stereocenters. The molecular formula is C44H75O2P. The molecule has 47 heavy (non-hydrogen) atoms. The second-order valence-corrected chi connectivity index (χ2v) is 14.7. The van der Waals surface area contributed by atoms with Crippen LogP contribution in [0.5, 0.6) is 11.5 Å². The second-order valence-electron chi connectivity index (χ2n) is 14.1. The third-order valence-electron chi connectivity index (χ3n) is 9.92. The molecule has 0 heterocycles. The molecule has 0 aliphatic carbocycles. The number of benzene rings is 2. The summed E-state index contributed by atoms with van der Waals surface area (Å²) < 4.78 is 13.1. The number of aryl methyl sites for hydroxylation is 2. The van der Waals surface area contributed by atoms with Crippen LogP contribution in [0.2, 0.25) is 0 Å². The van der Waals surface area contributed by atoms with Crippen LogP contribution in [-0.2, 0) is 25.7 Å². The highest BCUT2D eigenvalue weighted by Gasteiger charge is 2.13. The number of hydrogen-bond donors (Lipinski definition) is 0. The molecule has 0 spiro atoms. The molecule has 2 nitrogen and oxygen atoms in total. The van der Waals surface area contributed by atoms with E-state index in [2.05, 4.69) is 64.1 Å². The van der Waals surface area contributed by atoms with E-state index in [1.165, 1.54) is 189 Å². The first kappa shape index (κ1) is 41.6. The summed E-state index contributed by atoms with van der Waals surface area (Å²) in [6.07, 6.45) is 36.6. The Morgan fingerprint density at radius 3 is 1.00 bits per heavy atom. The van der Waals surface area contributed by atoms with E-state index >= 15 is 0 Å². The van der Waals surface area contributed by atoms with Gasteiger partial charge in [-0.3, -0.25) is 0 Å². The van der Waals surface area contributed by atoms with Gasteiger partial charge in [0.05, 0.1) is 0 Å². The zero-order chi connectivity index (χ0) is 33.6. The minimum Gasteiger partial charge on any atom is -0.440 e. The maximum atomic E-state index is 6.54. The fraction of sp³-hybridized carbons (Fsp3) is 0.727. The average molecular weight is 667 g/mol. The SMILES string of the molecule is CCCCCCCCc1cccc(OPOc2cccc(CCCCCCCC)c2CCCCCCCC)c1CCCCCCCC. The Morgan fingerprint density at radius 1 is 0.362 bits per heavy atom. The molecule has 0 N–H and O–H groups in total. The molecule has 2 rings (SSSR count). The zero-order valence-electron chi connectivity index (χ0n) is 31.6. The Labute approximate surface area is 294 Å². The van der Waals surface area contributed by atoms with Crippen molar-refractivity contribution < 1.29 is 9.05 Å². The molecule has 0 amide bonds. The molecule has 0 unspecified atom stereocenters. The molecule has 0 aliphatic rings. The number of hydrogen-bond acceptors (Lipinski definition) is 2. The van der Waals surface area contributed by atoms with E-state index < -0.39 is 0 Å². The molecular weight excluding hydrogens is 591 g/mol. The summed E-state index contributed by atoms with van der Waals surface area (Å²) in [5, 5.41) is 0. The zero-order valence-corrected chi connectivity index (χ0v) is 32.6. The molecule has 0 bridgehead atoms. The lowest BCUT2D eigenvalue weighted by Crippen LogP contribution is -2.01. The Hall–Kier alpha value is -1.53. The summed E-state index contributed by atoms with van der Waals surface area (Å²) in [7, 11) is -0.0127. The quantitative estimate of drug-likeness (QED) is 0.0571. The van der Waals surface area contributed by atoms with E-state index in [4.69, 9.17) is 9.05 Å². The van der Waals surface area contributed by atoms with Gasteiger partial charge in [0.25, 0.3) is 9.03 Å². The van der Waals surface area contributed by atoms with E-state index in [1.807, 2.05) is 0 Å². The number of unbranched alkanes of at least 4 members (excludes halogenated alkanes) is 20. The van der Waals surface area contributed by atoms with Crippen molar-refractivity contribution >= 4 is 9.03 Å². The maximum absolute atomic E-state index is 6.54. The van der Waals surface area contributed by atoms with Crippen molar-refractivity contribution in [3.05, 3.63) is 58.7 Å². The summed E-state index contributed by atoms with van der Waals surface area (Å²) >= 11 is 0. The molecule has 3 heteroatoms. The van der Waals surface area contributed by atoms with Crippen LogP contribution in [0.3, 0.4) is 0 Å². The fourth-order valence-corrected chi connectivity index (χ4v) is 7.52. The van der Waals surface area contributed by atoms with Crippen LogP contribution in [0.1, 0.15) is 204 Å². The first-order valence-electron chi connectivity index (χ1n) is 20.5. The van der Waals surface area contributed by atoms with Crippen molar-refractivity contribution in [2.24, 2.45) is 0 Å². The lowest BCUT2D eigenvalue weighted by molar-refractivity contribution is 0.502. The molecule has 0 saturated heterocycles. The minimum absolute atomic E-state index is 0.0127. The summed E-state index contributed by atoms with van der Waals surface area (Å²) in [5.74, 6) is 2.11. The summed E-state index contributed by atoms with van der Waals surface area (Å²) in [6.45, 7) is 9.20. The van der Waals surface area contributed by atoms with Crippen LogP contribution in [0.4, 0.5) is 0 Å². The van der Waals surface area contributed by atoms with Gasteiger partial charge in [-0.25, -0.2) is 0 Å². The number of rotatable bonds is 32.